The molecule has 0 fully saturated rings. The molecule has 4 nitrogen and oxygen atoms in total. The third-order valence-corrected chi connectivity index (χ3v) is 5.54. The molecule has 0 saturated carbocycles. The number of carbonyl (C=O) groups is 1. The molecule has 1 heterocycles. The summed E-state index contributed by atoms with van der Waals surface area (Å²) in [6, 6.07) is 1.75. The Bertz CT molecular complexity index is 559. The second kappa shape index (κ2) is 7.06. The van der Waals surface area contributed by atoms with Gasteiger partial charge in [-0.15, -0.1) is 11.3 Å². The third kappa shape index (κ3) is 3.45. The van der Waals surface area contributed by atoms with Crippen molar-refractivity contribution >= 4 is 22.2 Å². The number of carbonyl (C=O) groups excluding carboxylic acids is 1. The van der Waals surface area contributed by atoms with Gasteiger partial charge in [-0.25, -0.2) is 0 Å². The molecule has 2 atom stereocenters. The second-order valence-corrected chi connectivity index (χ2v) is 6.89. The predicted octanol–water partition coefficient (Wildman–Crippen LogP) is 3.20. The molecular formula is C16H23N3OS. The molecular weight excluding hydrogens is 282 g/mol. The van der Waals surface area contributed by atoms with Crippen molar-refractivity contribution in [3.8, 4) is 6.07 Å². The van der Waals surface area contributed by atoms with Crippen molar-refractivity contribution in [3.05, 3.63) is 16.0 Å². The highest BCUT2D eigenvalue weighted by Crippen LogP contribution is 2.37. The van der Waals surface area contributed by atoms with Crippen molar-refractivity contribution in [2.45, 2.75) is 58.4 Å². The summed E-state index contributed by atoms with van der Waals surface area (Å²) < 4.78 is 0. The van der Waals surface area contributed by atoms with Crippen molar-refractivity contribution < 1.29 is 4.79 Å². The minimum absolute atomic E-state index is 0.133. The van der Waals surface area contributed by atoms with Gasteiger partial charge in [-0.2, -0.15) is 5.26 Å². The van der Waals surface area contributed by atoms with Crippen LogP contribution in [0, 0.1) is 17.2 Å². The van der Waals surface area contributed by atoms with E-state index in [2.05, 4.69) is 11.4 Å². The molecule has 1 amide bonds. The normalized spacial score (nSPS) is 17.2. The maximum Gasteiger partial charge on any atom is 0.242 e. The van der Waals surface area contributed by atoms with Crippen molar-refractivity contribution in [1.82, 2.24) is 0 Å². The van der Waals surface area contributed by atoms with E-state index in [0.717, 1.165) is 37.7 Å². The van der Waals surface area contributed by atoms with Gasteiger partial charge in [-0.3, -0.25) is 4.79 Å². The molecule has 21 heavy (non-hydrogen) atoms. The van der Waals surface area contributed by atoms with E-state index in [4.69, 9.17) is 5.73 Å². The molecule has 0 spiro atoms. The van der Waals surface area contributed by atoms with Crippen LogP contribution in [0.2, 0.25) is 0 Å². The molecule has 0 aliphatic heterocycles. The van der Waals surface area contributed by atoms with Gasteiger partial charge in [0.25, 0.3) is 0 Å². The monoisotopic (exact) mass is 305 g/mol. The summed E-state index contributed by atoms with van der Waals surface area (Å²) >= 11 is 1.55. The van der Waals surface area contributed by atoms with Crippen LogP contribution < -0.4 is 11.1 Å². The average molecular weight is 305 g/mol. The Morgan fingerprint density at radius 3 is 2.81 bits per heavy atom. The lowest BCUT2D eigenvalue weighted by atomic mass is 9.99. The van der Waals surface area contributed by atoms with Crippen molar-refractivity contribution in [2.75, 3.05) is 5.32 Å². The Morgan fingerprint density at radius 1 is 1.43 bits per heavy atom. The number of hydrogen-bond donors (Lipinski definition) is 2. The number of anilines is 1. The number of thiophene rings is 1. The van der Waals surface area contributed by atoms with Crippen molar-refractivity contribution in [2.24, 2.45) is 11.7 Å². The highest BCUT2D eigenvalue weighted by Gasteiger charge is 2.24. The van der Waals surface area contributed by atoms with Gasteiger partial charge in [0.2, 0.25) is 5.91 Å². The average Bonchev–Trinajstić information content (AvgIpc) is 2.65. The third-order valence-electron chi connectivity index (χ3n) is 4.33. The van der Waals surface area contributed by atoms with E-state index in [9.17, 15) is 10.1 Å². The number of nitrogens with one attached hydrogen (secondary N) is 1. The van der Waals surface area contributed by atoms with Crippen molar-refractivity contribution in [1.29, 1.82) is 5.26 Å². The Balaban J connectivity index is 2.21. The quantitative estimate of drug-likeness (QED) is 0.838. The van der Waals surface area contributed by atoms with Gasteiger partial charge >= 0.3 is 0 Å². The van der Waals surface area contributed by atoms with Gasteiger partial charge in [0.15, 0.2) is 0 Å². The summed E-state index contributed by atoms with van der Waals surface area (Å²) in [7, 11) is 0. The van der Waals surface area contributed by atoms with Gasteiger partial charge in [0.1, 0.15) is 11.1 Å². The number of rotatable bonds is 4. The van der Waals surface area contributed by atoms with E-state index in [0.29, 0.717) is 10.6 Å². The first-order valence-corrected chi connectivity index (χ1v) is 8.51. The van der Waals surface area contributed by atoms with Gasteiger partial charge < -0.3 is 11.1 Å². The van der Waals surface area contributed by atoms with Crippen LogP contribution in [0.1, 0.15) is 55.5 Å². The molecule has 3 N–H and O–H groups in total. The Labute approximate surface area is 130 Å². The topological polar surface area (TPSA) is 78.9 Å². The molecule has 1 unspecified atom stereocenters. The SMILES string of the molecule is CCC(C)[C@H](N)C(=O)Nc1sc2c(c1C#N)CCCCC2. The van der Waals surface area contributed by atoms with Crippen molar-refractivity contribution in [3.63, 3.8) is 0 Å². The fourth-order valence-electron chi connectivity index (χ4n) is 2.66. The van der Waals surface area contributed by atoms with E-state index in [1.54, 1.807) is 11.3 Å². The molecule has 0 aromatic carbocycles. The molecule has 2 rings (SSSR count). The lowest BCUT2D eigenvalue weighted by Crippen LogP contribution is -2.40. The first-order valence-electron chi connectivity index (χ1n) is 7.69. The summed E-state index contributed by atoms with van der Waals surface area (Å²) in [6.45, 7) is 3.99. The van der Waals surface area contributed by atoms with E-state index in [-0.39, 0.29) is 11.8 Å². The summed E-state index contributed by atoms with van der Waals surface area (Å²) in [6.07, 6.45) is 6.33. The number of fused-ring (bicyclic) bond motifs is 1. The number of amides is 1. The first kappa shape index (κ1) is 16.0. The summed E-state index contributed by atoms with van der Waals surface area (Å²) in [5.41, 5.74) is 7.77. The number of nitrogens with zero attached hydrogens (tertiary/aromatic N) is 1. The zero-order valence-corrected chi connectivity index (χ0v) is 13.6. The van der Waals surface area contributed by atoms with Crippen LogP contribution in [-0.2, 0) is 17.6 Å². The van der Waals surface area contributed by atoms with E-state index < -0.39 is 6.04 Å². The van der Waals surface area contributed by atoms with E-state index >= 15 is 0 Å². The Hall–Kier alpha value is -1.38. The maximum atomic E-state index is 12.2. The van der Waals surface area contributed by atoms with Gasteiger partial charge in [0, 0.05) is 4.88 Å². The predicted molar refractivity (Wildman–Crippen MR) is 86.4 cm³/mol. The molecule has 0 bridgehead atoms. The zero-order valence-electron chi connectivity index (χ0n) is 12.7. The zero-order chi connectivity index (χ0) is 15.4. The van der Waals surface area contributed by atoms with Gasteiger partial charge in [0.05, 0.1) is 11.6 Å². The van der Waals surface area contributed by atoms with Gasteiger partial charge in [-0.1, -0.05) is 26.7 Å². The van der Waals surface area contributed by atoms with Crippen LogP contribution in [0.4, 0.5) is 5.00 Å². The molecule has 114 valence electrons. The molecule has 5 heteroatoms. The highest BCUT2D eigenvalue weighted by atomic mass is 32.1. The lowest BCUT2D eigenvalue weighted by molar-refractivity contribution is -0.118. The summed E-state index contributed by atoms with van der Waals surface area (Å²) in [4.78, 5) is 13.5. The molecule has 0 radical (unpaired) electrons. The number of nitriles is 1. The van der Waals surface area contributed by atoms with Crippen LogP contribution in [0.15, 0.2) is 0 Å². The molecule has 1 aromatic heterocycles. The lowest BCUT2D eigenvalue weighted by Gasteiger charge is -2.17. The minimum Gasteiger partial charge on any atom is -0.320 e. The highest BCUT2D eigenvalue weighted by molar-refractivity contribution is 7.16. The van der Waals surface area contributed by atoms with E-state index in [1.807, 2.05) is 13.8 Å². The summed E-state index contributed by atoms with van der Waals surface area (Å²) in [5, 5.41) is 13.0. The maximum absolute atomic E-state index is 12.2. The van der Waals surface area contributed by atoms with Crippen LogP contribution in [0.3, 0.4) is 0 Å². The molecule has 1 aromatic rings. The number of hydrogen-bond acceptors (Lipinski definition) is 4. The van der Waals surface area contributed by atoms with Crippen LogP contribution in [0.25, 0.3) is 0 Å². The first-order chi connectivity index (χ1) is 10.1. The van der Waals surface area contributed by atoms with Crippen LogP contribution >= 0.6 is 11.3 Å². The van der Waals surface area contributed by atoms with E-state index in [1.165, 1.54) is 11.3 Å². The van der Waals surface area contributed by atoms with Crippen LogP contribution in [-0.4, -0.2) is 11.9 Å². The Kier molecular flexibility index (Phi) is 5.38. The smallest absolute Gasteiger partial charge is 0.242 e. The number of nitrogens with two attached hydrogens (primary N) is 1. The van der Waals surface area contributed by atoms with Crippen LogP contribution in [0.5, 0.6) is 0 Å². The second-order valence-electron chi connectivity index (χ2n) is 5.78. The van der Waals surface area contributed by atoms with Gasteiger partial charge in [-0.05, 0) is 37.2 Å². The molecule has 0 saturated heterocycles. The summed E-state index contributed by atoms with van der Waals surface area (Å²) in [5.74, 6) is -0.0504. The molecule has 1 aliphatic rings. The standard InChI is InChI=1S/C16H23N3OS/c1-3-10(2)14(18)15(20)19-16-12(9-17)11-7-5-4-6-8-13(11)21-16/h10,14H,3-8,18H2,1-2H3,(H,19,20)/t10?,14-/m0/s1. The fourth-order valence-corrected chi connectivity index (χ4v) is 3.90. The number of aryl methyl sites for hydroxylation is 1. The molecule has 1 aliphatic carbocycles. The fraction of sp³-hybridized carbons (Fsp3) is 0.625. The largest absolute Gasteiger partial charge is 0.320 e. The Morgan fingerprint density at radius 2 is 2.14 bits per heavy atom. The minimum atomic E-state index is -0.525.